The summed E-state index contributed by atoms with van der Waals surface area (Å²) in [6.45, 7) is 2.21. The molecule has 0 N–H and O–H groups in total. The van der Waals surface area contributed by atoms with Crippen molar-refractivity contribution in [2.75, 3.05) is 0 Å². The number of hydrogen-bond acceptors (Lipinski definition) is 0. The monoisotopic (exact) mass is 380 g/mol. The largest absolute Gasteiger partial charge is 0.0725 e. The lowest BCUT2D eigenvalue weighted by atomic mass is 9.70. The van der Waals surface area contributed by atoms with E-state index in [1.807, 2.05) is 0 Å². The Morgan fingerprint density at radius 1 is 0.433 bits per heavy atom. The fraction of sp³-hybridized carbons (Fsp3) is 0.0667. The number of hydrogen-bond donors (Lipinski definition) is 0. The van der Waals surface area contributed by atoms with Crippen LogP contribution in [0.1, 0.15) is 27.8 Å². The number of benzene rings is 5. The van der Waals surface area contributed by atoms with Gasteiger partial charge in [-0.2, -0.15) is 0 Å². The molecule has 0 amide bonds. The van der Waals surface area contributed by atoms with Crippen LogP contribution >= 0.6 is 0 Å². The van der Waals surface area contributed by atoms with Crippen LogP contribution in [0.15, 0.2) is 103 Å². The van der Waals surface area contributed by atoms with Gasteiger partial charge in [-0.1, -0.05) is 96.6 Å². The van der Waals surface area contributed by atoms with Crippen LogP contribution in [-0.2, 0) is 5.41 Å². The minimum atomic E-state index is -0.242. The van der Waals surface area contributed by atoms with Gasteiger partial charge in [0.2, 0.25) is 0 Å². The van der Waals surface area contributed by atoms with E-state index >= 15 is 0 Å². The van der Waals surface area contributed by atoms with Gasteiger partial charge >= 0.3 is 0 Å². The molecule has 0 atom stereocenters. The molecule has 0 bridgehead atoms. The molecular weight excluding hydrogens is 360 g/mol. The van der Waals surface area contributed by atoms with Crippen molar-refractivity contribution in [2.24, 2.45) is 0 Å². The molecule has 0 aromatic heterocycles. The molecule has 7 rings (SSSR count). The summed E-state index contributed by atoms with van der Waals surface area (Å²) < 4.78 is 0. The summed E-state index contributed by atoms with van der Waals surface area (Å²) in [6, 6.07) is 38.6. The molecule has 0 heteroatoms. The van der Waals surface area contributed by atoms with Crippen LogP contribution in [0.3, 0.4) is 0 Å². The van der Waals surface area contributed by atoms with Gasteiger partial charge in [0.05, 0.1) is 5.41 Å². The highest BCUT2D eigenvalue weighted by Gasteiger charge is 2.51. The molecule has 0 radical (unpaired) electrons. The first-order chi connectivity index (χ1) is 14.8. The van der Waals surface area contributed by atoms with E-state index < -0.39 is 0 Å². The lowest BCUT2D eigenvalue weighted by molar-refractivity contribution is 0.794. The lowest BCUT2D eigenvalue weighted by Gasteiger charge is -2.30. The molecule has 0 fully saturated rings. The smallest absolute Gasteiger partial charge is 0.0619 e. The van der Waals surface area contributed by atoms with Gasteiger partial charge < -0.3 is 0 Å². The molecule has 0 unspecified atom stereocenters. The van der Waals surface area contributed by atoms with Gasteiger partial charge in [0, 0.05) is 0 Å². The molecule has 0 saturated heterocycles. The molecule has 0 nitrogen and oxygen atoms in total. The van der Waals surface area contributed by atoms with E-state index in [9.17, 15) is 0 Å². The Kier molecular flexibility index (Phi) is 2.96. The van der Waals surface area contributed by atoms with Crippen molar-refractivity contribution in [3.05, 3.63) is 131 Å². The topological polar surface area (TPSA) is 0 Å². The van der Waals surface area contributed by atoms with Crippen LogP contribution in [0, 0.1) is 6.92 Å². The third-order valence-electron chi connectivity index (χ3n) is 7.11. The van der Waals surface area contributed by atoms with Crippen LogP contribution in [0.2, 0.25) is 0 Å². The molecule has 2 aliphatic rings. The van der Waals surface area contributed by atoms with E-state index in [0.717, 1.165) is 0 Å². The van der Waals surface area contributed by atoms with Crippen molar-refractivity contribution in [1.29, 1.82) is 0 Å². The number of rotatable bonds is 0. The molecule has 5 aromatic rings. The maximum atomic E-state index is 2.44. The molecule has 1 spiro atoms. The van der Waals surface area contributed by atoms with E-state index in [2.05, 4.69) is 110 Å². The Bertz CT molecular complexity index is 1460. The highest BCUT2D eigenvalue weighted by atomic mass is 14.5. The maximum Gasteiger partial charge on any atom is 0.0725 e. The van der Waals surface area contributed by atoms with Gasteiger partial charge in [0.25, 0.3) is 0 Å². The Labute approximate surface area is 176 Å². The fourth-order valence-corrected chi connectivity index (χ4v) is 5.94. The van der Waals surface area contributed by atoms with E-state index in [-0.39, 0.29) is 5.41 Å². The fourth-order valence-electron chi connectivity index (χ4n) is 5.94. The van der Waals surface area contributed by atoms with Gasteiger partial charge in [0.1, 0.15) is 0 Å². The number of aryl methyl sites for hydroxylation is 1. The average molecular weight is 380 g/mol. The summed E-state index contributed by atoms with van der Waals surface area (Å²) >= 11 is 0. The third kappa shape index (κ3) is 1.78. The predicted octanol–water partition coefficient (Wildman–Crippen LogP) is 7.49. The molecule has 0 aliphatic heterocycles. The van der Waals surface area contributed by atoms with E-state index in [1.165, 1.54) is 60.8 Å². The molecule has 30 heavy (non-hydrogen) atoms. The quantitative estimate of drug-likeness (QED) is 0.256. The van der Waals surface area contributed by atoms with Crippen molar-refractivity contribution in [1.82, 2.24) is 0 Å². The van der Waals surface area contributed by atoms with E-state index in [4.69, 9.17) is 0 Å². The van der Waals surface area contributed by atoms with Crippen LogP contribution < -0.4 is 0 Å². The van der Waals surface area contributed by atoms with Crippen LogP contribution in [0.25, 0.3) is 33.0 Å². The van der Waals surface area contributed by atoms with Crippen molar-refractivity contribution in [3.8, 4) is 22.3 Å². The summed E-state index contributed by atoms with van der Waals surface area (Å²) in [7, 11) is 0. The molecule has 2 aliphatic carbocycles. The summed E-state index contributed by atoms with van der Waals surface area (Å²) in [4.78, 5) is 0. The Morgan fingerprint density at radius 3 is 1.67 bits per heavy atom. The van der Waals surface area contributed by atoms with Gasteiger partial charge in [-0.15, -0.1) is 0 Å². The van der Waals surface area contributed by atoms with E-state index in [1.54, 1.807) is 0 Å². The van der Waals surface area contributed by atoms with Crippen molar-refractivity contribution in [3.63, 3.8) is 0 Å². The van der Waals surface area contributed by atoms with Crippen LogP contribution in [0.4, 0.5) is 0 Å². The average Bonchev–Trinajstić information content (AvgIpc) is 3.24. The zero-order valence-electron chi connectivity index (χ0n) is 16.8. The minimum Gasteiger partial charge on any atom is -0.0619 e. The zero-order chi connectivity index (χ0) is 19.9. The standard InChI is InChI=1S/C30H20/c1-19-14-15-24-25-17-20-8-2-3-9-21(20)18-29(25)30(28(24)16-19)26-12-6-4-10-22(26)23-11-5-7-13-27(23)30/h2-18H,1H3. The first kappa shape index (κ1) is 16.2. The van der Waals surface area contributed by atoms with Gasteiger partial charge in [-0.25, -0.2) is 0 Å². The zero-order valence-corrected chi connectivity index (χ0v) is 16.8. The minimum absolute atomic E-state index is 0.242. The summed E-state index contributed by atoms with van der Waals surface area (Å²) in [5, 5.41) is 2.61. The summed E-state index contributed by atoms with van der Waals surface area (Å²) in [6.07, 6.45) is 0. The maximum absolute atomic E-state index is 2.44. The summed E-state index contributed by atoms with van der Waals surface area (Å²) in [5.74, 6) is 0. The lowest BCUT2D eigenvalue weighted by Crippen LogP contribution is -2.25. The second kappa shape index (κ2) is 5.49. The molecular formula is C30H20. The van der Waals surface area contributed by atoms with Gasteiger partial charge in [0.15, 0.2) is 0 Å². The Balaban J connectivity index is 1.74. The third-order valence-corrected chi connectivity index (χ3v) is 7.11. The second-order valence-corrected chi connectivity index (χ2v) is 8.64. The number of fused-ring (bicyclic) bond motifs is 11. The molecule has 0 heterocycles. The molecule has 0 saturated carbocycles. The van der Waals surface area contributed by atoms with Crippen molar-refractivity contribution < 1.29 is 0 Å². The van der Waals surface area contributed by atoms with Gasteiger partial charge in [-0.3, -0.25) is 0 Å². The van der Waals surface area contributed by atoms with Gasteiger partial charge in [-0.05, 0) is 74.3 Å². The Morgan fingerprint density at radius 2 is 0.967 bits per heavy atom. The van der Waals surface area contributed by atoms with Crippen molar-refractivity contribution in [2.45, 2.75) is 12.3 Å². The second-order valence-electron chi connectivity index (χ2n) is 8.64. The SMILES string of the molecule is Cc1ccc2c(c1)C1(c3ccccc3-c3ccccc31)c1cc3ccccc3cc1-2. The molecule has 140 valence electrons. The first-order valence-electron chi connectivity index (χ1n) is 10.6. The van der Waals surface area contributed by atoms with Crippen molar-refractivity contribution >= 4 is 10.8 Å². The van der Waals surface area contributed by atoms with Crippen LogP contribution in [-0.4, -0.2) is 0 Å². The molecule has 5 aromatic carbocycles. The predicted molar refractivity (Wildman–Crippen MR) is 125 cm³/mol. The van der Waals surface area contributed by atoms with E-state index in [0.29, 0.717) is 0 Å². The first-order valence-corrected chi connectivity index (χ1v) is 10.6. The van der Waals surface area contributed by atoms with Crippen LogP contribution in [0.5, 0.6) is 0 Å². The Hall–Kier alpha value is -3.64. The summed E-state index contributed by atoms with van der Waals surface area (Å²) in [5.41, 5.74) is 12.2. The normalized spacial score (nSPS) is 14.4. The highest BCUT2D eigenvalue weighted by molar-refractivity contribution is 5.99. The highest BCUT2D eigenvalue weighted by Crippen LogP contribution is 2.63.